The molecule has 32 heavy (non-hydrogen) atoms. The number of H-pyrrole nitrogens is 1. The molecule has 8 nitrogen and oxygen atoms in total. The first-order chi connectivity index (χ1) is 15.4. The molecular formula is C22H26F2N6O2. The number of hydrogen-bond donors (Lipinski definition) is 1. The number of ether oxygens (including phenoxy) is 1. The Morgan fingerprint density at radius 1 is 1.28 bits per heavy atom. The number of pyridine rings is 1. The van der Waals surface area contributed by atoms with Crippen molar-refractivity contribution in [2.24, 2.45) is 5.92 Å². The molecule has 0 aliphatic carbocycles. The lowest BCUT2D eigenvalue weighted by Crippen LogP contribution is -2.56. The van der Waals surface area contributed by atoms with Gasteiger partial charge in [-0.2, -0.15) is 13.9 Å². The Morgan fingerprint density at radius 3 is 2.69 bits per heavy atom. The molecule has 170 valence electrons. The van der Waals surface area contributed by atoms with Crippen molar-refractivity contribution in [2.75, 3.05) is 24.6 Å². The third kappa shape index (κ3) is 3.67. The van der Waals surface area contributed by atoms with Gasteiger partial charge in [0.25, 0.3) is 0 Å². The third-order valence-corrected chi connectivity index (χ3v) is 6.20. The summed E-state index contributed by atoms with van der Waals surface area (Å²) in [5.41, 5.74) is 2.97. The number of halogens is 2. The van der Waals surface area contributed by atoms with E-state index in [0.29, 0.717) is 34.1 Å². The van der Waals surface area contributed by atoms with Crippen LogP contribution in [0.25, 0.3) is 22.3 Å². The largest absolute Gasteiger partial charge is 0.449 e. The predicted octanol–water partition coefficient (Wildman–Crippen LogP) is 4.27. The van der Waals surface area contributed by atoms with Crippen molar-refractivity contribution in [3.63, 3.8) is 0 Å². The molecule has 2 bridgehead atoms. The van der Waals surface area contributed by atoms with Gasteiger partial charge < -0.3 is 14.6 Å². The SMILES string of the molecule is CC(C)COC(=O)N1C2CCC1CN(c1ccnc3[nH]c(-c4cnn(C(F)F)c4)cc13)C2. The van der Waals surface area contributed by atoms with Crippen LogP contribution in [0, 0.1) is 5.92 Å². The summed E-state index contributed by atoms with van der Waals surface area (Å²) < 4.78 is 31.9. The Hall–Kier alpha value is -3.17. The van der Waals surface area contributed by atoms with Gasteiger partial charge in [-0.25, -0.2) is 14.5 Å². The highest BCUT2D eigenvalue weighted by atomic mass is 19.3. The van der Waals surface area contributed by atoms with E-state index in [9.17, 15) is 13.6 Å². The molecule has 0 radical (unpaired) electrons. The number of hydrogen-bond acceptors (Lipinski definition) is 5. The maximum atomic E-state index is 12.9. The lowest BCUT2D eigenvalue weighted by Gasteiger charge is -2.41. The van der Waals surface area contributed by atoms with Crippen molar-refractivity contribution in [3.8, 4) is 11.3 Å². The summed E-state index contributed by atoms with van der Waals surface area (Å²) in [6.45, 7) is 3.24. The van der Waals surface area contributed by atoms with Gasteiger partial charge in [-0.15, -0.1) is 0 Å². The van der Waals surface area contributed by atoms with Gasteiger partial charge in [0, 0.05) is 42.1 Å². The zero-order valence-corrected chi connectivity index (χ0v) is 18.0. The van der Waals surface area contributed by atoms with Crippen molar-refractivity contribution in [1.29, 1.82) is 0 Å². The molecule has 3 aromatic rings. The van der Waals surface area contributed by atoms with Crippen LogP contribution in [0.5, 0.6) is 0 Å². The smallest absolute Gasteiger partial charge is 0.410 e. The number of nitrogens with zero attached hydrogens (tertiary/aromatic N) is 5. The summed E-state index contributed by atoms with van der Waals surface area (Å²) in [4.78, 5) is 24.5. The molecule has 2 saturated heterocycles. The van der Waals surface area contributed by atoms with E-state index in [4.69, 9.17) is 4.74 Å². The van der Waals surface area contributed by atoms with Crippen molar-refractivity contribution in [2.45, 2.75) is 45.3 Å². The number of amides is 1. The lowest BCUT2D eigenvalue weighted by atomic mass is 10.1. The minimum Gasteiger partial charge on any atom is -0.449 e. The van der Waals surface area contributed by atoms with E-state index in [1.165, 1.54) is 12.4 Å². The van der Waals surface area contributed by atoms with Crippen LogP contribution < -0.4 is 4.90 Å². The second kappa shape index (κ2) is 8.07. The summed E-state index contributed by atoms with van der Waals surface area (Å²) in [6, 6.07) is 4.11. The maximum absolute atomic E-state index is 12.9. The average molecular weight is 444 g/mol. The Labute approximate surface area is 184 Å². The molecule has 0 saturated carbocycles. The molecule has 0 spiro atoms. The number of rotatable bonds is 5. The van der Waals surface area contributed by atoms with Crippen LogP contribution in [0.2, 0.25) is 0 Å². The molecule has 2 fully saturated rings. The van der Waals surface area contributed by atoms with Gasteiger partial charge in [0.2, 0.25) is 0 Å². The summed E-state index contributed by atoms with van der Waals surface area (Å²) in [6.07, 6.45) is 6.17. The molecule has 2 aliphatic rings. The number of carbonyl (C=O) groups excluding carboxylic acids is 1. The molecule has 5 heterocycles. The molecule has 2 unspecified atom stereocenters. The molecule has 5 rings (SSSR count). The van der Waals surface area contributed by atoms with Crippen molar-refractivity contribution in [3.05, 3.63) is 30.7 Å². The van der Waals surface area contributed by atoms with Gasteiger partial charge in [0.1, 0.15) is 5.65 Å². The first kappa shape index (κ1) is 20.7. The van der Waals surface area contributed by atoms with Crippen molar-refractivity contribution < 1.29 is 18.3 Å². The Kier molecular flexibility index (Phi) is 5.22. The van der Waals surface area contributed by atoms with Gasteiger partial charge in [-0.3, -0.25) is 4.90 Å². The number of anilines is 1. The van der Waals surface area contributed by atoms with Crippen LogP contribution in [0.1, 0.15) is 33.2 Å². The quantitative estimate of drug-likeness (QED) is 0.636. The van der Waals surface area contributed by atoms with Gasteiger partial charge in [0.05, 0.1) is 30.6 Å². The van der Waals surface area contributed by atoms with E-state index in [1.54, 1.807) is 6.20 Å². The second-order valence-corrected chi connectivity index (χ2v) is 8.93. The lowest BCUT2D eigenvalue weighted by molar-refractivity contribution is 0.0566. The van der Waals surface area contributed by atoms with Crippen LogP contribution >= 0.6 is 0 Å². The third-order valence-electron chi connectivity index (χ3n) is 6.20. The fraction of sp³-hybridized carbons (Fsp3) is 0.500. The van der Waals surface area contributed by atoms with Crippen molar-refractivity contribution in [1.82, 2.24) is 24.6 Å². The number of aromatic nitrogens is 4. The Morgan fingerprint density at radius 2 is 2.03 bits per heavy atom. The minimum atomic E-state index is -2.68. The number of fused-ring (bicyclic) bond motifs is 3. The van der Waals surface area contributed by atoms with E-state index < -0.39 is 6.55 Å². The first-order valence-electron chi connectivity index (χ1n) is 10.9. The molecule has 10 heteroatoms. The molecule has 0 aromatic carbocycles. The number of carbonyl (C=O) groups is 1. The highest BCUT2D eigenvalue weighted by Crippen LogP contribution is 2.37. The summed E-state index contributed by atoms with van der Waals surface area (Å²) in [5, 5.41) is 4.64. The van der Waals surface area contributed by atoms with Gasteiger partial charge in [-0.1, -0.05) is 13.8 Å². The number of aromatic amines is 1. The molecule has 2 atom stereocenters. The fourth-order valence-corrected chi connectivity index (χ4v) is 4.74. The fourth-order valence-electron chi connectivity index (χ4n) is 4.74. The standard InChI is InChI=1S/C22H26F2N6O2/c1-13(2)12-32-22(31)30-15-3-4-16(30)11-28(10-15)19-5-6-25-20-17(19)7-18(27-20)14-8-26-29(9-14)21(23)24/h5-9,13,15-16,21H,3-4,10-12H2,1-2H3,(H,25,27). The van der Waals surface area contributed by atoms with E-state index in [2.05, 4.69) is 20.0 Å². The highest BCUT2D eigenvalue weighted by molar-refractivity contribution is 5.94. The number of nitrogens with one attached hydrogen (secondary N) is 1. The Bertz CT molecular complexity index is 1110. The molecule has 1 N–H and O–H groups in total. The number of alkyl halides is 2. The zero-order chi connectivity index (χ0) is 22.4. The van der Waals surface area contributed by atoms with Gasteiger partial charge >= 0.3 is 12.6 Å². The molecule has 3 aromatic heterocycles. The van der Waals surface area contributed by atoms with E-state index in [0.717, 1.165) is 37.0 Å². The predicted molar refractivity (Wildman–Crippen MR) is 116 cm³/mol. The molecule has 1 amide bonds. The second-order valence-electron chi connectivity index (χ2n) is 8.93. The number of piperazine rings is 1. The molecule has 2 aliphatic heterocycles. The maximum Gasteiger partial charge on any atom is 0.410 e. The first-order valence-corrected chi connectivity index (χ1v) is 10.9. The van der Waals surface area contributed by atoms with Crippen LogP contribution in [-0.2, 0) is 4.74 Å². The summed E-state index contributed by atoms with van der Waals surface area (Å²) in [5.74, 6) is 0.304. The van der Waals surface area contributed by atoms with Gasteiger partial charge in [-0.05, 0) is 30.9 Å². The van der Waals surface area contributed by atoms with Crippen LogP contribution in [0.15, 0.2) is 30.7 Å². The van der Waals surface area contributed by atoms with Gasteiger partial charge in [0.15, 0.2) is 0 Å². The summed E-state index contributed by atoms with van der Waals surface area (Å²) in [7, 11) is 0. The minimum absolute atomic E-state index is 0.110. The zero-order valence-electron chi connectivity index (χ0n) is 18.0. The monoisotopic (exact) mass is 444 g/mol. The van der Waals surface area contributed by atoms with Crippen LogP contribution in [-0.4, -0.2) is 62.5 Å². The average Bonchev–Trinajstić information content (AvgIpc) is 3.47. The van der Waals surface area contributed by atoms with Crippen molar-refractivity contribution >= 4 is 22.8 Å². The Balaban J connectivity index is 1.39. The molecular weight excluding hydrogens is 418 g/mol. The van der Waals surface area contributed by atoms with Crippen LogP contribution in [0.4, 0.5) is 19.3 Å². The summed E-state index contributed by atoms with van der Waals surface area (Å²) >= 11 is 0. The topological polar surface area (TPSA) is 79.3 Å². The van der Waals surface area contributed by atoms with Crippen LogP contribution in [0.3, 0.4) is 0 Å². The van der Waals surface area contributed by atoms with E-state index in [1.807, 2.05) is 30.9 Å². The van der Waals surface area contributed by atoms with E-state index in [-0.39, 0.29) is 18.2 Å². The van der Waals surface area contributed by atoms with E-state index >= 15 is 0 Å². The highest BCUT2D eigenvalue weighted by Gasteiger charge is 2.43. The normalized spacial score (nSPS) is 20.7.